The SMILES string of the molecule is Cc1cc(=O)oc(C(F)(F)F)n1. The summed E-state index contributed by atoms with van der Waals surface area (Å²) in [5.41, 5.74) is -1.06. The third-order valence-corrected chi connectivity index (χ3v) is 1.04. The van der Waals surface area contributed by atoms with Crippen LogP contribution in [-0.2, 0) is 6.18 Å². The molecule has 0 unspecified atom stereocenters. The molecule has 0 fully saturated rings. The summed E-state index contributed by atoms with van der Waals surface area (Å²) < 4.78 is 39.4. The van der Waals surface area contributed by atoms with Gasteiger partial charge in [-0.1, -0.05) is 0 Å². The molecule has 1 aromatic rings. The normalized spacial score (nSPS) is 11.7. The molecule has 0 amide bonds. The van der Waals surface area contributed by atoms with Gasteiger partial charge in [-0.05, 0) is 6.92 Å². The van der Waals surface area contributed by atoms with E-state index in [2.05, 4.69) is 9.40 Å². The summed E-state index contributed by atoms with van der Waals surface area (Å²) in [5.74, 6) is -1.51. The lowest BCUT2D eigenvalue weighted by molar-refractivity contribution is -0.159. The molecule has 0 atom stereocenters. The number of aryl methyl sites for hydroxylation is 1. The molecule has 1 aromatic heterocycles. The van der Waals surface area contributed by atoms with Crippen molar-refractivity contribution in [3.8, 4) is 0 Å². The van der Waals surface area contributed by atoms with Gasteiger partial charge in [-0.3, -0.25) is 0 Å². The number of alkyl halides is 3. The van der Waals surface area contributed by atoms with E-state index in [0.29, 0.717) is 0 Å². The lowest BCUT2D eigenvalue weighted by Gasteiger charge is -2.02. The first-order chi connectivity index (χ1) is 5.39. The van der Waals surface area contributed by atoms with Crippen LogP contribution in [0.3, 0.4) is 0 Å². The highest BCUT2D eigenvalue weighted by atomic mass is 19.4. The predicted octanol–water partition coefficient (Wildman–Crippen LogP) is 1.36. The second-order valence-corrected chi connectivity index (χ2v) is 2.12. The third-order valence-electron chi connectivity index (χ3n) is 1.04. The van der Waals surface area contributed by atoms with Crippen molar-refractivity contribution in [2.45, 2.75) is 13.1 Å². The number of nitrogens with zero attached hydrogens (tertiary/aromatic N) is 1. The van der Waals surface area contributed by atoms with Gasteiger partial charge in [0.05, 0.1) is 0 Å². The molecule has 12 heavy (non-hydrogen) atoms. The van der Waals surface area contributed by atoms with Gasteiger partial charge in [-0.15, -0.1) is 0 Å². The Morgan fingerprint density at radius 1 is 1.50 bits per heavy atom. The van der Waals surface area contributed by atoms with E-state index in [4.69, 9.17) is 0 Å². The van der Waals surface area contributed by atoms with Crippen molar-refractivity contribution in [2.75, 3.05) is 0 Å². The maximum Gasteiger partial charge on any atom is 0.469 e. The van der Waals surface area contributed by atoms with Crippen molar-refractivity contribution in [3.63, 3.8) is 0 Å². The van der Waals surface area contributed by atoms with Crippen molar-refractivity contribution in [1.82, 2.24) is 4.98 Å². The quantitative estimate of drug-likeness (QED) is 0.603. The molecule has 0 aromatic carbocycles. The number of aromatic nitrogens is 1. The van der Waals surface area contributed by atoms with Gasteiger partial charge in [0.15, 0.2) is 0 Å². The van der Waals surface area contributed by atoms with Gasteiger partial charge >= 0.3 is 17.7 Å². The first-order valence-electron chi connectivity index (χ1n) is 2.95. The summed E-state index contributed by atoms with van der Waals surface area (Å²) in [6.07, 6.45) is -4.70. The zero-order valence-electron chi connectivity index (χ0n) is 5.97. The lowest BCUT2D eigenvalue weighted by atomic mass is 10.4. The Balaban J connectivity index is 3.27. The van der Waals surface area contributed by atoms with Crippen LogP contribution >= 0.6 is 0 Å². The van der Waals surface area contributed by atoms with E-state index in [1.54, 1.807) is 0 Å². The van der Waals surface area contributed by atoms with Crippen LogP contribution in [0.1, 0.15) is 11.6 Å². The smallest absolute Gasteiger partial charge is 0.399 e. The summed E-state index contributed by atoms with van der Waals surface area (Å²) in [7, 11) is 0. The molecule has 1 rings (SSSR count). The first kappa shape index (κ1) is 8.76. The molecule has 0 saturated carbocycles. The van der Waals surface area contributed by atoms with Crippen molar-refractivity contribution in [3.05, 3.63) is 28.1 Å². The minimum Gasteiger partial charge on any atom is -0.399 e. The topological polar surface area (TPSA) is 43.1 Å². The van der Waals surface area contributed by atoms with Crippen LogP contribution < -0.4 is 5.63 Å². The fraction of sp³-hybridized carbons (Fsp3) is 0.333. The van der Waals surface area contributed by atoms with E-state index in [9.17, 15) is 18.0 Å². The van der Waals surface area contributed by atoms with E-state index < -0.39 is 17.7 Å². The second kappa shape index (κ2) is 2.62. The maximum atomic E-state index is 11.9. The van der Waals surface area contributed by atoms with Crippen LogP contribution in [0.4, 0.5) is 13.2 Å². The first-order valence-corrected chi connectivity index (χ1v) is 2.95. The summed E-state index contributed by atoms with van der Waals surface area (Å²) in [4.78, 5) is 13.5. The van der Waals surface area contributed by atoms with Crippen molar-refractivity contribution in [2.24, 2.45) is 0 Å². The molecule has 0 spiro atoms. The summed E-state index contributed by atoms with van der Waals surface area (Å²) in [6, 6.07) is 0.884. The highest BCUT2D eigenvalue weighted by molar-refractivity contribution is 4.98. The summed E-state index contributed by atoms with van der Waals surface area (Å²) in [5, 5.41) is 0. The molecule has 1 heterocycles. The zero-order chi connectivity index (χ0) is 9.35. The fourth-order valence-electron chi connectivity index (χ4n) is 0.632. The Labute approximate surface area is 64.8 Å². The molecule has 0 aliphatic carbocycles. The molecule has 0 aliphatic heterocycles. The Morgan fingerprint density at radius 3 is 2.50 bits per heavy atom. The largest absolute Gasteiger partial charge is 0.469 e. The van der Waals surface area contributed by atoms with Gasteiger partial charge in [0, 0.05) is 11.8 Å². The third kappa shape index (κ3) is 1.84. The van der Waals surface area contributed by atoms with Crippen LogP contribution in [0.2, 0.25) is 0 Å². The van der Waals surface area contributed by atoms with Crippen LogP contribution in [0.15, 0.2) is 15.3 Å². The lowest BCUT2D eigenvalue weighted by Crippen LogP contribution is -2.13. The maximum absolute atomic E-state index is 11.9. The number of hydrogen-bond acceptors (Lipinski definition) is 3. The van der Waals surface area contributed by atoms with Crippen molar-refractivity contribution >= 4 is 0 Å². The molecule has 66 valence electrons. The second-order valence-electron chi connectivity index (χ2n) is 2.12. The molecule has 0 saturated heterocycles. The van der Waals surface area contributed by atoms with E-state index in [0.717, 1.165) is 6.07 Å². The summed E-state index contributed by atoms with van der Waals surface area (Å²) >= 11 is 0. The van der Waals surface area contributed by atoms with E-state index >= 15 is 0 Å². The molecule has 3 nitrogen and oxygen atoms in total. The molecule has 0 N–H and O–H groups in total. The van der Waals surface area contributed by atoms with Crippen LogP contribution in [0, 0.1) is 6.92 Å². The van der Waals surface area contributed by atoms with E-state index in [-0.39, 0.29) is 5.69 Å². The molecule has 0 aliphatic rings. The van der Waals surface area contributed by atoms with Gasteiger partial charge < -0.3 is 4.42 Å². The highest BCUT2D eigenvalue weighted by Gasteiger charge is 2.36. The minimum absolute atomic E-state index is 0.0152. The monoisotopic (exact) mass is 179 g/mol. The summed E-state index contributed by atoms with van der Waals surface area (Å²) in [6.45, 7) is 1.28. The minimum atomic E-state index is -4.70. The zero-order valence-corrected chi connectivity index (χ0v) is 5.97. The molecular weight excluding hydrogens is 175 g/mol. The van der Waals surface area contributed by atoms with Crippen molar-refractivity contribution < 1.29 is 17.6 Å². The van der Waals surface area contributed by atoms with E-state index in [1.165, 1.54) is 6.92 Å². The Kier molecular flexibility index (Phi) is 1.91. The molecular formula is C6H4F3NO2. The highest BCUT2D eigenvalue weighted by Crippen LogP contribution is 2.26. The number of hydrogen-bond donors (Lipinski definition) is 0. The van der Waals surface area contributed by atoms with Crippen LogP contribution in [-0.4, -0.2) is 4.98 Å². The van der Waals surface area contributed by atoms with Crippen LogP contribution in [0.25, 0.3) is 0 Å². The predicted molar refractivity (Wildman–Crippen MR) is 32.5 cm³/mol. The van der Waals surface area contributed by atoms with Gasteiger partial charge in [0.2, 0.25) is 0 Å². The van der Waals surface area contributed by atoms with Crippen molar-refractivity contribution in [1.29, 1.82) is 0 Å². The van der Waals surface area contributed by atoms with Gasteiger partial charge in [0.1, 0.15) is 0 Å². The average Bonchev–Trinajstić information content (AvgIpc) is 1.82. The Bertz CT molecular complexity index is 341. The molecule has 0 radical (unpaired) electrons. The van der Waals surface area contributed by atoms with Gasteiger partial charge in [-0.2, -0.15) is 13.2 Å². The average molecular weight is 179 g/mol. The number of halogens is 3. The fourth-order valence-corrected chi connectivity index (χ4v) is 0.632. The Hall–Kier alpha value is -1.33. The molecule has 0 bridgehead atoms. The standard InChI is InChI=1S/C6H4F3NO2/c1-3-2-4(11)12-5(10-3)6(7,8)9/h2H,1H3. The van der Waals surface area contributed by atoms with Gasteiger partial charge in [0.25, 0.3) is 0 Å². The Morgan fingerprint density at radius 2 is 2.08 bits per heavy atom. The van der Waals surface area contributed by atoms with E-state index in [1.807, 2.05) is 0 Å². The van der Waals surface area contributed by atoms with Crippen LogP contribution in [0.5, 0.6) is 0 Å². The number of rotatable bonds is 0. The van der Waals surface area contributed by atoms with Gasteiger partial charge in [-0.25, -0.2) is 9.78 Å². The molecule has 6 heteroatoms.